The fourth-order valence-electron chi connectivity index (χ4n) is 9.59. The average Bonchev–Trinajstić information content (AvgIpc) is 3.99. The van der Waals surface area contributed by atoms with Gasteiger partial charge in [-0.15, -0.1) is 22.1 Å². The van der Waals surface area contributed by atoms with Crippen LogP contribution in [-0.2, 0) is 19.1 Å². The number of allylic oxidation sites excluding steroid dienone is 5. The average molecular weight is 890 g/mol. The fourth-order valence-corrected chi connectivity index (χ4v) is 9.59. The quantitative estimate of drug-likeness (QED) is 0.0656. The number of nitrogens with zero attached hydrogens (tertiary/aromatic N) is 4. The third kappa shape index (κ3) is 11.5. The SMILES string of the molecule is C=Cc1c(C)c2cc3nc(c4c5[n-]c(cc6nc(cc1[n-]2)C(C)=C6CC)c(C)c5C([O-])=C4C(=O)OC)[C@@H](CCC(=O)OC/C=C(\C)CC/C=C(\C)CCC[C@H](C)CCCC(C)C)[C@@H]3C.[Mg+2]. The predicted molar refractivity (Wildman–Crippen MR) is 266 cm³/mol. The summed E-state index contributed by atoms with van der Waals surface area (Å²) in [6.07, 6.45) is 16.9. The maximum atomic E-state index is 14.3. The molecule has 0 spiro atoms. The van der Waals surface area contributed by atoms with Crippen LogP contribution in [0, 0.1) is 25.7 Å². The van der Waals surface area contributed by atoms with Crippen molar-refractivity contribution in [1.29, 1.82) is 0 Å². The zero-order chi connectivity index (χ0) is 46.4. The first kappa shape index (κ1) is 51.3. The van der Waals surface area contributed by atoms with Gasteiger partial charge >= 0.3 is 35.0 Å². The van der Waals surface area contributed by atoms with Crippen LogP contribution < -0.4 is 15.1 Å². The molecule has 65 heavy (non-hydrogen) atoms. The van der Waals surface area contributed by atoms with Crippen LogP contribution in [0.1, 0.15) is 188 Å². The molecule has 8 bridgehead atoms. The summed E-state index contributed by atoms with van der Waals surface area (Å²) >= 11 is 0. The van der Waals surface area contributed by atoms with Crippen molar-refractivity contribution in [3.63, 3.8) is 0 Å². The summed E-state index contributed by atoms with van der Waals surface area (Å²) in [4.78, 5) is 47.4. The van der Waals surface area contributed by atoms with Crippen molar-refractivity contribution in [1.82, 2.24) is 19.9 Å². The monoisotopic (exact) mass is 890 g/mol. The molecular weight excluding hydrogens is 821 g/mol. The van der Waals surface area contributed by atoms with Crippen LogP contribution in [0.25, 0.3) is 50.6 Å². The molecular formula is C55H69MgN4O5-. The molecule has 342 valence electrons. The summed E-state index contributed by atoms with van der Waals surface area (Å²) in [7, 11) is 1.27. The van der Waals surface area contributed by atoms with Gasteiger partial charge < -0.3 is 24.5 Å². The van der Waals surface area contributed by atoms with Gasteiger partial charge in [-0.1, -0.05) is 125 Å². The Hall–Kier alpha value is -4.67. The Labute approximate surface area is 403 Å². The first-order valence-electron chi connectivity index (χ1n) is 23.6. The molecule has 0 unspecified atom stereocenters. The summed E-state index contributed by atoms with van der Waals surface area (Å²) in [5.41, 5.74) is 13.3. The van der Waals surface area contributed by atoms with Crippen molar-refractivity contribution in [2.45, 2.75) is 152 Å². The number of aromatic nitrogens is 4. The van der Waals surface area contributed by atoms with E-state index in [1.54, 1.807) is 0 Å². The van der Waals surface area contributed by atoms with Gasteiger partial charge in [0.05, 0.1) is 29.8 Å². The summed E-state index contributed by atoms with van der Waals surface area (Å²) in [5.74, 6) is -0.481. The fraction of sp³-hybridized carbons (Fsp3) is 0.491. The molecule has 0 saturated carbocycles. The molecule has 6 rings (SSSR count). The molecule has 2 aliphatic heterocycles. The van der Waals surface area contributed by atoms with Gasteiger partial charge in [0.2, 0.25) is 0 Å². The number of fused-ring (bicyclic) bond motifs is 8. The van der Waals surface area contributed by atoms with E-state index >= 15 is 0 Å². The van der Waals surface area contributed by atoms with E-state index < -0.39 is 11.7 Å². The number of aryl methyl sites for hydroxylation is 2. The first-order valence-corrected chi connectivity index (χ1v) is 23.6. The second-order valence-corrected chi connectivity index (χ2v) is 18.8. The molecule has 9 nitrogen and oxygen atoms in total. The minimum atomic E-state index is -0.746. The van der Waals surface area contributed by atoms with Crippen molar-refractivity contribution in [2.24, 2.45) is 11.8 Å². The van der Waals surface area contributed by atoms with Gasteiger partial charge in [-0.2, -0.15) is 0 Å². The van der Waals surface area contributed by atoms with Crippen LogP contribution in [0.4, 0.5) is 0 Å². The van der Waals surface area contributed by atoms with Gasteiger partial charge in [0, 0.05) is 24.0 Å². The largest absolute Gasteiger partial charge is 2.00 e. The number of hydrogen-bond donors (Lipinski definition) is 0. The maximum Gasteiger partial charge on any atom is 2.00 e. The zero-order valence-electron chi connectivity index (χ0n) is 41.0. The second kappa shape index (κ2) is 22.7. The number of ether oxygens (including phenoxy) is 2. The summed E-state index contributed by atoms with van der Waals surface area (Å²) in [5, 5.41) is 14.3. The standard InChI is InChI=1S/C55H71N4O5.Mg/c1-13-39-35(8)42-28-44-37(10)41(24-25-48(60)64-27-26-34(7)23-17-22-33(6)21-16-20-32(5)19-15-18-31(3)4)52(58-44)50-51(55(62)63-12)54(61)49-38(11)45(59-53(49)50)30-47-40(14-2)36(9)43(57-47)29-46(39)56-42;/h13,22,26,28-32,37,41H,1,14-21,23-25,27H2,2-12H3,(H2-,56,57,58,59,61,62);/q-1;+2/p-2/b33-22+,34-26+;/t32-,37+,41+;/m1./s1. The number of hydrogen-bond acceptors (Lipinski definition) is 7. The molecule has 0 radical (unpaired) electrons. The van der Waals surface area contributed by atoms with Crippen molar-refractivity contribution < 1.29 is 24.2 Å². The Morgan fingerprint density at radius 2 is 1.57 bits per heavy atom. The second-order valence-electron chi connectivity index (χ2n) is 18.8. The van der Waals surface area contributed by atoms with Gasteiger partial charge in [0.25, 0.3) is 0 Å². The van der Waals surface area contributed by atoms with Crippen LogP contribution in [0.15, 0.2) is 48.1 Å². The number of rotatable bonds is 19. The van der Waals surface area contributed by atoms with E-state index in [2.05, 4.69) is 68.0 Å². The van der Waals surface area contributed by atoms with E-state index in [-0.39, 0.29) is 59.5 Å². The molecule has 3 aromatic heterocycles. The van der Waals surface area contributed by atoms with Crippen LogP contribution in [0.5, 0.6) is 0 Å². The molecule has 3 aromatic rings. The van der Waals surface area contributed by atoms with E-state index in [1.165, 1.54) is 50.4 Å². The van der Waals surface area contributed by atoms with Gasteiger partial charge in [-0.05, 0) is 119 Å². The van der Waals surface area contributed by atoms with Gasteiger partial charge in [-0.25, -0.2) is 9.78 Å². The van der Waals surface area contributed by atoms with E-state index in [0.29, 0.717) is 39.8 Å². The van der Waals surface area contributed by atoms with E-state index in [1.807, 2.05) is 44.2 Å². The molecule has 5 heterocycles. The number of carbonyl (C=O) groups excluding carboxylic acids is 2. The molecule has 10 heteroatoms. The number of esters is 2. The molecule has 3 atom stereocenters. The van der Waals surface area contributed by atoms with Gasteiger partial charge in [0.1, 0.15) is 6.61 Å². The smallest absolute Gasteiger partial charge is 0.871 e. The molecule has 0 aromatic carbocycles. The summed E-state index contributed by atoms with van der Waals surface area (Å²) in [6.45, 7) is 25.7. The molecule has 0 fully saturated rings. The zero-order valence-corrected chi connectivity index (χ0v) is 42.4. The maximum absolute atomic E-state index is 14.3. The Bertz CT molecular complexity index is 2580. The van der Waals surface area contributed by atoms with Gasteiger partial charge in [0.15, 0.2) is 0 Å². The van der Waals surface area contributed by atoms with Crippen LogP contribution in [0.2, 0.25) is 0 Å². The molecule has 3 aliphatic rings. The van der Waals surface area contributed by atoms with Crippen LogP contribution in [0.3, 0.4) is 0 Å². The van der Waals surface area contributed by atoms with Crippen molar-refractivity contribution >= 4 is 85.6 Å². The molecule has 0 amide bonds. The van der Waals surface area contributed by atoms with Crippen molar-refractivity contribution in [3.8, 4) is 0 Å². The van der Waals surface area contributed by atoms with E-state index in [0.717, 1.165) is 87.9 Å². The van der Waals surface area contributed by atoms with Crippen molar-refractivity contribution in [2.75, 3.05) is 13.7 Å². The van der Waals surface area contributed by atoms with Gasteiger partial charge in [-0.3, -0.25) is 9.78 Å². The molecule has 0 saturated heterocycles. The Morgan fingerprint density at radius 3 is 2.26 bits per heavy atom. The molecule has 0 N–H and O–H groups in total. The summed E-state index contributed by atoms with van der Waals surface area (Å²) in [6, 6.07) is 5.92. The predicted octanol–water partition coefficient (Wildman–Crippen LogP) is 12.0. The van der Waals surface area contributed by atoms with Crippen LogP contribution in [-0.4, -0.2) is 58.7 Å². The number of methoxy groups -OCH3 is 1. The minimum absolute atomic E-state index is 0. The molecule has 1 aliphatic carbocycles. The topological polar surface area (TPSA) is 130 Å². The van der Waals surface area contributed by atoms with Crippen molar-refractivity contribution in [3.05, 3.63) is 98.7 Å². The van der Waals surface area contributed by atoms with E-state index in [9.17, 15) is 14.7 Å². The normalized spacial score (nSPS) is 16.6. The minimum Gasteiger partial charge on any atom is -0.871 e. The van der Waals surface area contributed by atoms with Crippen LogP contribution >= 0.6 is 0 Å². The third-order valence-electron chi connectivity index (χ3n) is 13.7. The Balaban J connectivity index is 0.00000793. The number of carbonyl (C=O) groups is 2. The van der Waals surface area contributed by atoms with E-state index in [4.69, 9.17) is 29.4 Å². The Morgan fingerprint density at radius 1 is 0.877 bits per heavy atom. The summed E-state index contributed by atoms with van der Waals surface area (Å²) < 4.78 is 11.0. The third-order valence-corrected chi connectivity index (χ3v) is 13.7. The first-order chi connectivity index (χ1) is 30.6. The Kier molecular flexibility index (Phi) is 17.9.